The van der Waals surface area contributed by atoms with Crippen LogP contribution in [0.4, 0.5) is 4.79 Å². The monoisotopic (exact) mass is 551 g/mol. The number of carbonyl (C=O) groups is 3. The van der Waals surface area contributed by atoms with E-state index in [9.17, 15) is 19.5 Å². The summed E-state index contributed by atoms with van der Waals surface area (Å²) < 4.78 is 5.38. The van der Waals surface area contributed by atoms with E-state index in [2.05, 4.69) is 22.6 Å². The molecule has 0 spiro atoms. The molecule has 8 nitrogen and oxygen atoms in total. The maximum Gasteiger partial charge on any atom is 0.408 e. The van der Waals surface area contributed by atoms with E-state index < -0.39 is 35.6 Å². The fraction of sp³-hybridized carbons (Fsp3) is 0.242. The molecule has 41 heavy (non-hydrogen) atoms. The molecule has 3 rings (SSSR count). The summed E-state index contributed by atoms with van der Waals surface area (Å²) in [7, 11) is 0. The van der Waals surface area contributed by atoms with Gasteiger partial charge in [0.2, 0.25) is 5.91 Å². The van der Waals surface area contributed by atoms with Crippen LogP contribution in [0.15, 0.2) is 78.9 Å². The van der Waals surface area contributed by atoms with E-state index in [1.54, 1.807) is 57.2 Å². The van der Waals surface area contributed by atoms with E-state index >= 15 is 0 Å². The SMILES string of the molecule is C#Cc1ccc(C(C(=O)NCc2ccccc2)N(C#C)C(=O)C(Cc2ccc(O)cc2)NC(=O)OC(C)(C)C)cc1. The minimum absolute atomic E-state index is 0.0188. The number of phenolic OH excluding ortho intramolecular Hbond substituents is 1. The van der Waals surface area contributed by atoms with Gasteiger partial charge in [-0.25, -0.2) is 4.79 Å². The summed E-state index contributed by atoms with van der Waals surface area (Å²) in [6, 6.07) is 22.0. The predicted molar refractivity (Wildman–Crippen MR) is 156 cm³/mol. The standard InChI is InChI=1S/C33H33N3O5/c1-6-23-13-17-26(18-14-23)29(30(38)34-22-25-11-9-8-10-12-25)36(7-2)31(39)28(35-32(40)41-33(3,4)5)21-24-15-19-27(37)20-16-24/h1-2,8-20,28-29,37H,21-22H2,3-5H3,(H,34,38)(H,35,40). The predicted octanol–water partition coefficient (Wildman–Crippen LogP) is 4.29. The van der Waals surface area contributed by atoms with Crippen LogP contribution in [-0.2, 0) is 27.3 Å². The number of phenols is 1. The van der Waals surface area contributed by atoms with Gasteiger partial charge in [0.1, 0.15) is 23.4 Å². The number of ether oxygens (including phenoxy) is 1. The molecule has 0 aliphatic carbocycles. The molecule has 8 heteroatoms. The molecule has 0 aromatic heterocycles. The Labute approximate surface area is 240 Å². The summed E-state index contributed by atoms with van der Waals surface area (Å²) >= 11 is 0. The van der Waals surface area contributed by atoms with Gasteiger partial charge in [-0.05, 0) is 61.7 Å². The average molecular weight is 552 g/mol. The number of nitrogens with one attached hydrogen (secondary N) is 2. The average Bonchev–Trinajstić information content (AvgIpc) is 2.94. The molecule has 0 heterocycles. The van der Waals surface area contributed by atoms with E-state index in [0.29, 0.717) is 16.7 Å². The van der Waals surface area contributed by atoms with Crippen molar-refractivity contribution < 1.29 is 24.2 Å². The van der Waals surface area contributed by atoms with Gasteiger partial charge in [-0.3, -0.25) is 14.5 Å². The van der Waals surface area contributed by atoms with E-state index in [1.165, 1.54) is 12.1 Å². The van der Waals surface area contributed by atoms with Crippen molar-refractivity contribution in [2.24, 2.45) is 0 Å². The van der Waals surface area contributed by atoms with Crippen LogP contribution in [0.25, 0.3) is 0 Å². The third-order valence-corrected chi connectivity index (χ3v) is 5.95. The zero-order valence-corrected chi connectivity index (χ0v) is 23.3. The van der Waals surface area contributed by atoms with Crippen LogP contribution in [0.1, 0.15) is 49.1 Å². The van der Waals surface area contributed by atoms with Crippen molar-refractivity contribution in [1.82, 2.24) is 15.5 Å². The van der Waals surface area contributed by atoms with E-state index in [1.807, 2.05) is 30.3 Å². The van der Waals surface area contributed by atoms with Gasteiger partial charge in [0.15, 0.2) is 0 Å². The Morgan fingerprint density at radius 1 is 0.927 bits per heavy atom. The number of hydrogen-bond donors (Lipinski definition) is 3. The van der Waals surface area contributed by atoms with Crippen molar-refractivity contribution in [3.8, 4) is 30.6 Å². The third-order valence-electron chi connectivity index (χ3n) is 5.95. The smallest absolute Gasteiger partial charge is 0.408 e. The summed E-state index contributed by atoms with van der Waals surface area (Å²) in [5.74, 6) is 1.35. The normalized spacial score (nSPS) is 12.1. The molecule has 0 aliphatic rings. The van der Waals surface area contributed by atoms with Crippen molar-refractivity contribution in [3.63, 3.8) is 0 Å². The van der Waals surface area contributed by atoms with Gasteiger partial charge >= 0.3 is 6.09 Å². The first-order valence-electron chi connectivity index (χ1n) is 13.0. The number of aromatic hydroxyl groups is 1. The number of terminal acetylenes is 2. The van der Waals surface area contributed by atoms with Crippen molar-refractivity contribution in [2.45, 2.75) is 51.4 Å². The highest BCUT2D eigenvalue weighted by molar-refractivity contribution is 5.93. The Balaban J connectivity index is 1.97. The Morgan fingerprint density at radius 3 is 2.12 bits per heavy atom. The van der Waals surface area contributed by atoms with Crippen LogP contribution in [0.5, 0.6) is 5.75 Å². The lowest BCUT2D eigenvalue weighted by Crippen LogP contribution is -2.52. The lowest BCUT2D eigenvalue weighted by atomic mass is 10.00. The van der Waals surface area contributed by atoms with E-state index in [4.69, 9.17) is 17.6 Å². The second kappa shape index (κ2) is 13.7. The minimum atomic E-state index is -1.23. The topological polar surface area (TPSA) is 108 Å². The van der Waals surface area contributed by atoms with Gasteiger partial charge in [-0.1, -0.05) is 66.9 Å². The van der Waals surface area contributed by atoms with Crippen molar-refractivity contribution in [1.29, 1.82) is 0 Å². The molecule has 0 aliphatic heterocycles. The summed E-state index contributed by atoms with van der Waals surface area (Å²) in [5.41, 5.74) is 1.70. The number of nitrogens with zero attached hydrogens (tertiary/aromatic N) is 1. The third kappa shape index (κ3) is 8.91. The first-order valence-corrected chi connectivity index (χ1v) is 13.0. The number of alkyl carbamates (subject to hydrolysis) is 1. The van der Waals surface area contributed by atoms with Crippen LogP contribution < -0.4 is 10.6 Å². The van der Waals surface area contributed by atoms with Crippen molar-refractivity contribution >= 4 is 17.9 Å². The van der Waals surface area contributed by atoms with Gasteiger partial charge < -0.3 is 20.5 Å². The highest BCUT2D eigenvalue weighted by Crippen LogP contribution is 2.24. The minimum Gasteiger partial charge on any atom is -0.508 e. The molecule has 3 amide bonds. The Morgan fingerprint density at radius 2 is 1.56 bits per heavy atom. The number of hydrogen-bond acceptors (Lipinski definition) is 5. The maximum atomic E-state index is 14.0. The molecule has 0 saturated carbocycles. The van der Waals surface area contributed by atoms with Crippen LogP contribution in [0, 0.1) is 24.8 Å². The number of carbonyl (C=O) groups excluding carboxylic acids is 3. The highest BCUT2D eigenvalue weighted by Gasteiger charge is 2.36. The first-order chi connectivity index (χ1) is 19.5. The molecule has 0 radical (unpaired) electrons. The van der Waals surface area contributed by atoms with Crippen LogP contribution in [0.2, 0.25) is 0 Å². The molecule has 210 valence electrons. The molecular weight excluding hydrogens is 518 g/mol. The highest BCUT2D eigenvalue weighted by atomic mass is 16.6. The van der Waals surface area contributed by atoms with E-state index in [0.717, 1.165) is 10.5 Å². The first kappa shape index (κ1) is 30.3. The summed E-state index contributed by atoms with van der Waals surface area (Å²) in [4.78, 5) is 41.3. The van der Waals surface area contributed by atoms with Gasteiger partial charge in [-0.15, -0.1) is 6.42 Å². The molecule has 0 fully saturated rings. The van der Waals surface area contributed by atoms with Crippen molar-refractivity contribution in [3.05, 3.63) is 101 Å². The summed E-state index contributed by atoms with van der Waals surface area (Å²) in [6.45, 7) is 5.30. The van der Waals surface area contributed by atoms with E-state index in [-0.39, 0.29) is 18.7 Å². The Bertz CT molecular complexity index is 1430. The lowest BCUT2D eigenvalue weighted by Gasteiger charge is -2.30. The summed E-state index contributed by atoms with van der Waals surface area (Å²) in [6.07, 6.45) is 10.6. The van der Waals surface area contributed by atoms with Crippen LogP contribution in [0.3, 0.4) is 0 Å². The Kier molecular flexibility index (Phi) is 10.2. The Hall–Kier alpha value is -5.21. The lowest BCUT2D eigenvalue weighted by molar-refractivity contribution is -0.138. The van der Waals surface area contributed by atoms with Gasteiger partial charge in [-0.2, -0.15) is 0 Å². The van der Waals surface area contributed by atoms with Gasteiger partial charge in [0.25, 0.3) is 5.91 Å². The molecule has 0 bridgehead atoms. The van der Waals surface area contributed by atoms with Gasteiger partial charge in [0.05, 0.1) is 0 Å². The molecular formula is C33H33N3O5. The zero-order valence-electron chi connectivity index (χ0n) is 23.3. The fourth-order valence-electron chi connectivity index (χ4n) is 4.01. The quantitative estimate of drug-likeness (QED) is 0.272. The number of benzene rings is 3. The van der Waals surface area contributed by atoms with Crippen LogP contribution >= 0.6 is 0 Å². The molecule has 3 aromatic rings. The summed E-state index contributed by atoms with van der Waals surface area (Å²) in [5, 5.41) is 15.1. The molecule has 2 atom stereocenters. The van der Waals surface area contributed by atoms with Crippen molar-refractivity contribution in [2.75, 3.05) is 0 Å². The largest absolute Gasteiger partial charge is 0.508 e. The fourth-order valence-corrected chi connectivity index (χ4v) is 4.01. The zero-order chi connectivity index (χ0) is 30.0. The molecule has 0 saturated heterocycles. The van der Waals surface area contributed by atoms with Gasteiger partial charge in [0, 0.05) is 24.6 Å². The molecule has 3 N–H and O–H groups in total. The maximum absolute atomic E-state index is 14.0. The molecule has 2 unspecified atom stereocenters. The number of rotatable bonds is 9. The number of amides is 3. The second-order valence-electron chi connectivity index (χ2n) is 10.3. The second-order valence-corrected chi connectivity index (χ2v) is 10.3. The molecule has 3 aromatic carbocycles. The van der Waals surface area contributed by atoms with Crippen LogP contribution in [-0.4, -0.2) is 39.6 Å².